The van der Waals surface area contributed by atoms with E-state index < -0.39 is 0 Å². The summed E-state index contributed by atoms with van der Waals surface area (Å²) in [6.07, 6.45) is 5.84. The van der Waals surface area contributed by atoms with Crippen LogP contribution in [0.15, 0.2) is 10.1 Å². The molecule has 0 spiro atoms. The Morgan fingerprint density at radius 3 is 2.60 bits per heavy atom. The van der Waals surface area contributed by atoms with Gasteiger partial charge in [-0.25, -0.2) is 9.97 Å². The minimum absolute atomic E-state index is 0.244. The normalized spacial score (nSPS) is 16.0. The lowest BCUT2D eigenvalue weighted by atomic mass is 10.1. The fourth-order valence-corrected chi connectivity index (χ4v) is 3.82. The molecule has 2 heterocycles. The van der Waals surface area contributed by atoms with Crippen molar-refractivity contribution >= 4 is 29.5 Å². The molecule has 5 nitrogen and oxygen atoms in total. The zero-order valence-corrected chi connectivity index (χ0v) is 13.3. The number of likely N-dealkylation sites (tertiary alicyclic amines) is 1. The fourth-order valence-electron chi connectivity index (χ4n) is 2.24. The first kappa shape index (κ1) is 15.4. The van der Waals surface area contributed by atoms with Crippen LogP contribution >= 0.6 is 23.5 Å². The van der Waals surface area contributed by atoms with Crippen LogP contribution in [0.25, 0.3) is 0 Å². The van der Waals surface area contributed by atoms with Crippen molar-refractivity contribution in [3.8, 4) is 6.07 Å². The van der Waals surface area contributed by atoms with Crippen LogP contribution in [0.4, 0.5) is 5.95 Å². The molecule has 2 rings (SSSR count). The number of hydrogen-bond acceptors (Lipinski definition) is 7. The van der Waals surface area contributed by atoms with Crippen LogP contribution in [0.2, 0.25) is 0 Å². The van der Waals surface area contributed by atoms with Crippen LogP contribution < -0.4 is 5.73 Å². The molecule has 108 valence electrons. The van der Waals surface area contributed by atoms with E-state index in [2.05, 4.69) is 20.9 Å². The molecule has 1 aliphatic rings. The summed E-state index contributed by atoms with van der Waals surface area (Å²) in [5.41, 5.74) is 6.26. The smallest absolute Gasteiger partial charge is 0.222 e. The molecule has 0 atom stereocenters. The number of piperidine rings is 1. The number of nitrogens with two attached hydrogens (primary N) is 1. The molecule has 0 unspecified atom stereocenters. The molecule has 2 N–H and O–H groups in total. The minimum Gasteiger partial charge on any atom is -0.368 e. The largest absolute Gasteiger partial charge is 0.368 e. The van der Waals surface area contributed by atoms with E-state index in [-0.39, 0.29) is 5.95 Å². The summed E-state index contributed by atoms with van der Waals surface area (Å²) in [4.78, 5) is 10.8. The summed E-state index contributed by atoms with van der Waals surface area (Å²) in [5, 5.41) is 10.6. The first-order valence-corrected chi connectivity index (χ1v) is 8.92. The molecule has 1 aromatic heterocycles. The van der Waals surface area contributed by atoms with Gasteiger partial charge in [0.1, 0.15) is 21.7 Å². The highest BCUT2D eigenvalue weighted by Gasteiger charge is 2.14. The van der Waals surface area contributed by atoms with Gasteiger partial charge in [0, 0.05) is 12.3 Å². The Bertz CT molecular complexity index is 494. The molecule has 20 heavy (non-hydrogen) atoms. The molecule has 1 aromatic rings. The number of aromatic nitrogens is 2. The van der Waals surface area contributed by atoms with Crippen molar-refractivity contribution in [1.82, 2.24) is 14.9 Å². The van der Waals surface area contributed by atoms with Gasteiger partial charge in [0.2, 0.25) is 5.95 Å². The number of hydrogen-bond donors (Lipinski definition) is 1. The summed E-state index contributed by atoms with van der Waals surface area (Å²) in [5.74, 6) is 1.17. The molecule has 0 aromatic carbocycles. The summed E-state index contributed by atoms with van der Waals surface area (Å²) < 4.78 is 0. The van der Waals surface area contributed by atoms with Crippen molar-refractivity contribution in [2.24, 2.45) is 0 Å². The van der Waals surface area contributed by atoms with Gasteiger partial charge in [-0.1, -0.05) is 6.42 Å². The molecule has 0 saturated carbocycles. The third-order valence-corrected chi connectivity index (χ3v) is 4.90. The monoisotopic (exact) mass is 309 g/mol. The fraction of sp³-hybridized carbons (Fsp3) is 0.615. The predicted octanol–water partition coefficient (Wildman–Crippen LogP) is 2.23. The lowest BCUT2D eigenvalue weighted by molar-refractivity contribution is 0.242. The summed E-state index contributed by atoms with van der Waals surface area (Å²) in [6, 6.07) is 2.19. The van der Waals surface area contributed by atoms with Crippen LogP contribution in [0.1, 0.15) is 24.8 Å². The average Bonchev–Trinajstić information content (AvgIpc) is 2.47. The molecule has 0 amide bonds. The van der Waals surface area contributed by atoms with E-state index in [4.69, 9.17) is 5.73 Å². The van der Waals surface area contributed by atoms with Crippen molar-refractivity contribution in [2.45, 2.75) is 29.3 Å². The minimum atomic E-state index is 0.244. The van der Waals surface area contributed by atoms with Crippen LogP contribution in [0, 0.1) is 11.3 Å². The molecule has 0 radical (unpaired) electrons. The zero-order valence-electron chi connectivity index (χ0n) is 11.6. The number of nitriles is 1. The maximum absolute atomic E-state index is 9.26. The van der Waals surface area contributed by atoms with Crippen molar-refractivity contribution < 1.29 is 0 Å². The molecule has 7 heteroatoms. The van der Waals surface area contributed by atoms with Gasteiger partial charge in [-0.05, 0) is 32.2 Å². The number of nitrogen functional groups attached to an aromatic ring is 1. The highest BCUT2D eigenvalue weighted by atomic mass is 32.2. The standard InChI is InChI=1S/C13H19N5S2/c1-19-11-10(9-14)12(17-13(15)16-11)20-8-7-18-5-3-2-4-6-18/h2-8H2,1H3,(H2,15,16,17). The number of nitrogens with zero attached hydrogens (tertiary/aromatic N) is 4. The van der Waals surface area contributed by atoms with Gasteiger partial charge in [0.25, 0.3) is 0 Å². The highest BCUT2D eigenvalue weighted by Crippen LogP contribution is 2.27. The molecular formula is C13H19N5S2. The summed E-state index contributed by atoms with van der Waals surface area (Å²) >= 11 is 3.03. The van der Waals surface area contributed by atoms with Gasteiger partial charge in [-0.2, -0.15) is 5.26 Å². The van der Waals surface area contributed by atoms with Crippen LogP contribution in [0.3, 0.4) is 0 Å². The second-order valence-corrected chi connectivity index (χ2v) is 6.51. The van der Waals surface area contributed by atoms with Gasteiger partial charge in [0.15, 0.2) is 0 Å². The van der Waals surface area contributed by atoms with Gasteiger partial charge in [-0.15, -0.1) is 23.5 Å². The molecule has 0 aliphatic carbocycles. The number of rotatable bonds is 5. The van der Waals surface area contributed by atoms with E-state index in [0.29, 0.717) is 15.6 Å². The third-order valence-electron chi connectivity index (χ3n) is 3.26. The SMILES string of the molecule is CSc1nc(N)nc(SCCN2CCCCC2)c1C#N. The number of anilines is 1. The number of thioether (sulfide) groups is 2. The van der Waals surface area contributed by atoms with Gasteiger partial charge < -0.3 is 10.6 Å². The Balaban J connectivity index is 1.98. The Hall–Kier alpha value is -0.970. The second-order valence-electron chi connectivity index (χ2n) is 4.63. The maximum Gasteiger partial charge on any atom is 0.222 e. The maximum atomic E-state index is 9.26. The molecule has 1 saturated heterocycles. The van der Waals surface area contributed by atoms with E-state index >= 15 is 0 Å². The third kappa shape index (κ3) is 4.01. The summed E-state index contributed by atoms with van der Waals surface area (Å²) in [6.45, 7) is 3.41. The summed E-state index contributed by atoms with van der Waals surface area (Å²) in [7, 11) is 0. The quantitative estimate of drug-likeness (QED) is 0.660. The average molecular weight is 309 g/mol. The highest BCUT2D eigenvalue weighted by molar-refractivity contribution is 7.99. The van der Waals surface area contributed by atoms with E-state index in [0.717, 1.165) is 12.3 Å². The Kier molecular flexibility index (Phi) is 5.95. The van der Waals surface area contributed by atoms with E-state index in [1.807, 2.05) is 6.26 Å². The van der Waals surface area contributed by atoms with Crippen molar-refractivity contribution in [2.75, 3.05) is 37.4 Å². The Morgan fingerprint density at radius 1 is 1.25 bits per heavy atom. The molecular weight excluding hydrogens is 290 g/mol. The topological polar surface area (TPSA) is 78.8 Å². The second kappa shape index (κ2) is 7.72. The van der Waals surface area contributed by atoms with Gasteiger partial charge in [0.05, 0.1) is 0 Å². The van der Waals surface area contributed by atoms with Gasteiger partial charge >= 0.3 is 0 Å². The lowest BCUT2D eigenvalue weighted by Gasteiger charge is -2.26. The van der Waals surface area contributed by atoms with Crippen LogP contribution in [-0.2, 0) is 0 Å². The first-order valence-electron chi connectivity index (χ1n) is 6.71. The first-order chi connectivity index (χ1) is 9.74. The predicted molar refractivity (Wildman–Crippen MR) is 84.0 cm³/mol. The van der Waals surface area contributed by atoms with E-state index in [1.165, 1.54) is 44.1 Å². The van der Waals surface area contributed by atoms with E-state index in [1.54, 1.807) is 11.8 Å². The lowest BCUT2D eigenvalue weighted by Crippen LogP contribution is -2.31. The van der Waals surface area contributed by atoms with Crippen molar-refractivity contribution in [3.05, 3.63) is 5.56 Å². The molecule has 1 aliphatic heterocycles. The Labute approximate surface area is 128 Å². The zero-order chi connectivity index (χ0) is 14.4. The van der Waals surface area contributed by atoms with Crippen molar-refractivity contribution in [1.29, 1.82) is 5.26 Å². The Morgan fingerprint density at radius 2 is 1.95 bits per heavy atom. The molecule has 1 fully saturated rings. The molecule has 0 bridgehead atoms. The van der Waals surface area contributed by atoms with E-state index in [9.17, 15) is 5.26 Å². The van der Waals surface area contributed by atoms with Crippen LogP contribution in [-0.4, -0.2) is 46.5 Å². The van der Waals surface area contributed by atoms with Crippen molar-refractivity contribution in [3.63, 3.8) is 0 Å². The van der Waals surface area contributed by atoms with Gasteiger partial charge in [-0.3, -0.25) is 0 Å². The van der Waals surface area contributed by atoms with Crippen LogP contribution in [0.5, 0.6) is 0 Å².